The van der Waals surface area contributed by atoms with E-state index in [-0.39, 0.29) is 0 Å². The van der Waals surface area contributed by atoms with Crippen LogP contribution in [0, 0.1) is 0 Å². The summed E-state index contributed by atoms with van der Waals surface area (Å²) in [6, 6.07) is 49.9. The lowest BCUT2D eigenvalue weighted by Crippen LogP contribution is -1.93. The van der Waals surface area contributed by atoms with Crippen LogP contribution in [-0.2, 0) is 0 Å². The molecule has 0 aliphatic carbocycles. The van der Waals surface area contributed by atoms with Gasteiger partial charge >= 0.3 is 0 Å². The summed E-state index contributed by atoms with van der Waals surface area (Å²) < 4.78 is 11.5. The fraction of sp³-hybridized carbons (Fsp3) is 0. The summed E-state index contributed by atoms with van der Waals surface area (Å²) in [7, 11) is 0. The summed E-state index contributed by atoms with van der Waals surface area (Å²) in [4.78, 5) is 0. The Labute approximate surface area is 240 Å². The Morgan fingerprint density at radius 1 is 0.512 bits per heavy atom. The lowest BCUT2D eigenvalue weighted by atomic mass is 9.93. The third-order valence-electron chi connectivity index (χ3n) is 8.22. The predicted octanol–water partition coefficient (Wildman–Crippen LogP) is 11.2. The van der Waals surface area contributed by atoms with Crippen LogP contribution >= 0.6 is 11.3 Å². The predicted molar refractivity (Wildman–Crippen MR) is 174 cm³/mol. The Bertz CT molecular complexity index is 2420. The Balaban J connectivity index is 1.32. The van der Waals surface area contributed by atoms with Crippen LogP contribution in [0.4, 0.5) is 0 Å². The van der Waals surface area contributed by atoms with Crippen molar-refractivity contribution in [3.63, 3.8) is 0 Å². The van der Waals surface area contributed by atoms with Gasteiger partial charge in [-0.05, 0) is 59.2 Å². The third kappa shape index (κ3) is 3.30. The van der Waals surface area contributed by atoms with Crippen LogP contribution in [0.3, 0.4) is 0 Å². The van der Waals surface area contributed by atoms with Gasteiger partial charge in [-0.3, -0.25) is 0 Å². The van der Waals surface area contributed by atoms with E-state index in [0.717, 1.165) is 38.7 Å². The molecule has 6 aromatic carbocycles. The number of nitrogens with zero attached hydrogens (tertiary/aromatic N) is 1. The van der Waals surface area contributed by atoms with Gasteiger partial charge in [-0.25, -0.2) is 0 Å². The molecule has 3 heterocycles. The summed E-state index contributed by atoms with van der Waals surface area (Å²) in [6.45, 7) is 0. The number of fused-ring (bicyclic) bond motifs is 8. The van der Waals surface area contributed by atoms with Crippen LogP contribution in [-0.4, -0.2) is 4.57 Å². The van der Waals surface area contributed by atoms with Crippen LogP contribution in [0.25, 0.3) is 81.1 Å². The van der Waals surface area contributed by atoms with Crippen LogP contribution in [0.15, 0.2) is 144 Å². The number of rotatable bonds is 3. The zero-order valence-electron chi connectivity index (χ0n) is 22.0. The molecule has 0 saturated heterocycles. The molecule has 0 bridgehead atoms. The van der Waals surface area contributed by atoms with Crippen molar-refractivity contribution < 1.29 is 4.42 Å². The second kappa shape index (κ2) is 8.69. The van der Waals surface area contributed by atoms with Gasteiger partial charge in [0.05, 0.1) is 5.52 Å². The lowest BCUT2D eigenvalue weighted by molar-refractivity contribution is 0.673. The number of para-hydroxylation sites is 2. The van der Waals surface area contributed by atoms with Crippen molar-refractivity contribution in [3.8, 4) is 27.9 Å². The molecule has 41 heavy (non-hydrogen) atoms. The standard InChI is InChI=1S/C38H23NOS/c1-2-11-25(12-3-1)39-33-19-8-6-16-31(33)37-36(39)32-23-24(21-22-34(32)40-37)26-13-4-5-14-27(26)29-17-10-18-30-28-15-7-9-20-35(28)41-38(29)30/h1-23H. The van der Waals surface area contributed by atoms with Crippen molar-refractivity contribution in [2.75, 3.05) is 0 Å². The summed E-state index contributed by atoms with van der Waals surface area (Å²) in [5.74, 6) is 0. The van der Waals surface area contributed by atoms with Crippen LogP contribution in [0.1, 0.15) is 0 Å². The monoisotopic (exact) mass is 541 g/mol. The maximum Gasteiger partial charge on any atom is 0.161 e. The Morgan fingerprint density at radius 2 is 1.22 bits per heavy atom. The average molecular weight is 542 g/mol. The van der Waals surface area contributed by atoms with E-state index in [1.165, 1.54) is 42.4 Å². The van der Waals surface area contributed by atoms with Gasteiger partial charge in [0.25, 0.3) is 0 Å². The van der Waals surface area contributed by atoms with Crippen molar-refractivity contribution in [1.82, 2.24) is 4.57 Å². The molecule has 3 aromatic heterocycles. The molecule has 0 radical (unpaired) electrons. The van der Waals surface area contributed by atoms with Crippen LogP contribution in [0.5, 0.6) is 0 Å². The molecule has 0 unspecified atom stereocenters. The lowest BCUT2D eigenvalue weighted by Gasteiger charge is -2.12. The molecule has 0 spiro atoms. The molecule has 9 rings (SSSR count). The number of thiophene rings is 1. The van der Waals surface area contributed by atoms with E-state index in [1.54, 1.807) is 0 Å². The zero-order chi connectivity index (χ0) is 26.9. The van der Waals surface area contributed by atoms with Crippen molar-refractivity contribution in [2.24, 2.45) is 0 Å². The molecule has 3 heteroatoms. The highest BCUT2D eigenvalue weighted by Gasteiger charge is 2.20. The molecule has 0 saturated carbocycles. The molecule has 9 aromatic rings. The summed E-state index contributed by atoms with van der Waals surface area (Å²) in [5, 5.41) is 4.88. The maximum absolute atomic E-state index is 6.55. The summed E-state index contributed by atoms with van der Waals surface area (Å²) in [6.07, 6.45) is 0. The van der Waals surface area contributed by atoms with Crippen molar-refractivity contribution in [3.05, 3.63) is 140 Å². The van der Waals surface area contributed by atoms with E-state index in [1.807, 2.05) is 11.3 Å². The highest BCUT2D eigenvalue weighted by Crippen LogP contribution is 2.44. The van der Waals surface area contributed by atoms with Gasteiger partial charge in [-0.1, -0.05) is 97.1 Å². The van der Waals surface area contributed by atoms with E-state index < -0.39 is 0 Å². The fourth-order valence-corrected chi connectivity index (χ4v) is 7.64. The quantitative estimate of drug-likeness (QED) is 0.217. The first-order chi connectivity index (χ1) is 20.3. The topological polar surface area (TPSA) is 18.1 Å². The fourth-order valence-electron chi connectivity index (χ4n) is 6.41. The molecule has 2 nitrogen and oxygen atoms in total. The van der Waals surface area contributed by atoms with Crippen LogP contribution in [0.2, 0.25) is 0 Å². The molecule has 0 aliphatic rings. The van der Waals surface area contributed by atoms with Gasteiger partial charge in [-0.2, -0.15) is 0 Å². The van der Waals surface area contributed by atoms with Crippen molar-refractivity contribution >= 4 is 64.5 Å². The maximum atomic E-state index is 6.55. The minimum atomic E-state index is 0.901. The van der Waals surface area contributed by atoms with Crippen molar-refractivity contribution in [1.29, 1.82) is 0 Å². The smallest absolute Gasteiger partial charge is 0.161 e. The van der Waals surface area contributed by atoms with Gasteiger partial charge < -0.3 is 8.98 Å². The Hall–Kier alpha value is -5.12. The number of hydrogen-bond donors (Lipinski definition) is 0. The van der Waals surface area contributed by atoms with E-state index >= 15 is 0 Å². The zero-order valence-corrected chi connectivity index (χ0v) is 22.9. The molecule has 0 aliphatic heterocycles. The third-order valence-corrected chi connectivity index (χ3v) is 9.44. The van der Waals surface area contributed by atoms with E-state index in [9.17, 15) is 0 Å². The van der Waals surface area contributed by atoms with E-state index in [2.05, 4.69) is 144 Å². The van der Waals surface area contributed by atoms with Crippen LogP contribution < -0.4 is 0 Å². The molecule has 0 fully saturated rings. The summed E-state index contributed by atoms with van der Waals surface area (Å²) in [5.41, 5.74) is 10.1. The molecule has 192 valence electrons. The number of benzene rings is 6. The molecule has 0 N–H and O–H groups in total. The Morgan fingerprint density at radius 3 is 2.12 bits per heavy atom. The highest BCUT2D eigenvalue weighted by molar-refractivity contribution is 7.26. The average Bonchev–Trinajstić information content (AvgIpc) is 3.70. The second-order valence-corrected chi connectivity index (χ2v) is 11.6. The number of furan rings is 1. The summed E-state index contributed by atoms with van der Waals surface area (Å²) >= 11 is 1.88. The van der Waals surface area contributed by atoms with Gasteiger partial charge in [0, 0.05) is 42.2 Å². The molecular weight excluding hydrogens is 518 g/mol. The van der Waals surface area contributed by atoms with Gasteiger partial charge in [0.2, 0.25) is 0 Å². The van der Waals surface area contributed by atoms with Crippen molar-refractivity contribution in [2.45, 2.75) is 0 Å². The minimum absolute atomic E-state index is 0.901. The SMILES string of the molecule is c1ccc(-n2c3ccccc3c3oc4ccc(-c5ccccc5-c5cccc6c5sc5ccccc56)cc4c32)cc1. The largest absolute Gasteiger partial charge is 0.454 e. The number of aromatic nitrogens is 1. The molecular formula is C38H23NOS. The number of hydrogen-bond acceptors (Lipinski definition) is 2. The van der Waals surface area contributed by atoms with E-state index in [0.29, 0.717) is 0 Å². The Kier molecular flexibility index (Phi) is 4.80. The first kappa shape index (κ1) is 22.7. The van der Waals surface area contributed by atoms with Gasteiger partial charge in [0.1, 0.15) is 11.1 Å². The molecule has 0 atom stereocenters. The second-order valence-electron chi connectivity index (χ2n) is 10.5. The molecule has 0 amide bonds. The van der Waals surface area contributed by atoms with Gasteiger partial charge in [-0.15, -0.1) is 11.3 Å². The minimum Gasteiger partial charge on any atom is -0.454 e. The highest BCUT2D eigenvalue weighted by atomic mass is 32.1. The first-order valence-electron chi connectivity index (χ1n) is 13.9. The normalized spacial score (nSPS) is 11.9. The first-order valence-corrected chi connectivity index (χ1v) is 14.7. The van der Waals surface area contributed by atoms with E-state index in [4.69, 9.17) is 4.42 Å². The van der Waals surface area contributed by atoms with Gasteiger partial charge in [0.15, 0.2) is 5.58 Å².